The van der Waals surface area contributed by atoms with E-state index in [2.05, 4.69) is 27.3 Å². The smallest absolute Gasteiger partial charge is 0.231 e. The Kier molecular flexibility index (Phi) is 5.03. The summed E-state index contributed by atoms with van der Waals surface area (Å²) >= 11 is 0. The van der Waals surface area contributed by atoms with Crippen molar-refractivity contribution in [2.75, 3.05) is 5.32 Å². The van der Waals surface area contributed by atoms with Gasteiger partial charge in [0.15, 0.2) is 0 Å². The number of hydrogen-bond donors (Lipinski definition) is 1. The van der Waals surface area contributed by atoms with Gasteiger partial charge in [0, 0.05) is 24.5 Å². The Bertz CT molecular complexity index is 593. The van der Waals surface area contributed by atoms with Gasteiger partial charge in [0.1, 0.15) is 6.33 Å². The van der Waals surface area contributed by atoms with E-state index in [-0.39, 0.29) is 11.8 Å². The van der Waals surface area contributed by atoms with Crippen LogP contribution in [0.25, 0.3) is 0 Å². The minimum absolute atomic E-state index is 0.0806. The first kappa shape index (κ1) is 15.2. The Morgan fingerprint density at radius 1 is 1.33 bits per heavy atom. The summed E-state index contributed by atoms with van der Waals surface area (Å²) in [7, 11) is 0. The Morgan fingerprint density at radius 2 is 2.05 bits per heavy atom. The summed E-state index contributed by atoms with van der Waals surface area (Å²) in [6.07, 6.45) is 8.68. The number of nitrogens with one attached hydrogen (secondary N) is 1. The predicted molar refractivity (Wildman–Crippen MR) is 80.9 cm³/mol. The van der Waals surface area contributed by atoms with E-state index in [9.17, 15) is 4.79 Å². The van der Waals surface area contributed by atoms with Crippen LogP contribution in [0.1, 0.15) is 43.9 Å². The minimum atomic E-state index is -0.301. The first-order chi connectivity index (χ1) is 10.1. The summed E-state index contributed by atoms with van der Waals surface area (Å²) < 4.78 is 1.93. The molecule has 6 nitrogen and oxygen atoms in total. The summed E-state index contributed by atoms with van der Waals surface area (Å²) in [5.74, 6) is -0.382. The maximum absolute atomic E-state index is 12.3. The summed E-state index contributed by atoms with van der Waals surface area (Å²) in [6.45, 7) is 6.82. The van der Waals surface area contributed by atoms with Crippen LogP contribution in [0.15, 0.2) is 24.9 Å². The number of carbonyl (C=O) groups is 1. The third-order valence-electron chi connectivity index (χ3n) is 3.56. The fourth-order valence-corrected chi connectivity index (χ4v) is 2.03. The highest BCUT2D eigenvalue weighted by Crippen LogP contribution is 2.19. The zero-order valence-electron chi connectivity index (χ0n) is 12.7. The van der Waals surface area contributed by atoms with Gasteiger partial charge in [-0.15, -0.1) is 0 Å². The quantitative estimate of drug-likeness (QED) is 0.886. The molecule has 112 valence electrons. The summed E-state index contributed by atoms with van der Waals surface area (Å²) in [5, 5.41) is 7.24. The molecule has 6 heteroatoms. The molecule has 0 bridgehead atoms. The zero-order chi connectivity index (χ0) is 15.2. The lowest BCUT2D eigenvalue weighted by atomic mass is 10.0. The molecule has 0 aromatic carbocycles. The van der Waals surface area contributed by atoms with E-state index >= 15 is 0 Å². The number of unbranched alkanes of at least 4 members (excludes halogenated alkanes) is 1. The molecule has 0 fully saturated rings. The second-order valence-electron chi connectivity index (χ2n) is 5.10. The molecule has 1 atom stereocenters. The van der Waals surface area contributed by atoms with Gasteiger partial charge >= 0.3 is 0 Å². The summed E-state index contributed by atoms with van der Waals surface area (Å²) in [4.78, 5) is 20.2. The largest absolute Gasteiger partial charge is 0.323 e. The van der Waals surface area contributed by atoms with Gasteiger partial charge in [0.2, 0.25) is 5.91 Å². The van der Waals surface area contributed by atoms with E-state index < -0.39 is 0 Å². The van der Waals surface area contributed by atoms with Gasteiger partial charge in [0.25, 0.3) is 0 Å². The van der Waals surface area contributed by atoms with Crippen LogP contribution in [0.4, 0.5) is 5.69 Å². The van der Waals surface area contributed by atoms with Crippen molar-refractivity contribution >= 4 is 11.6 Å². The van der Waals surface area contributed by atoms with Crippen molar-refractivity contribution < 1.29 is 4.79 Å². The van der Waals surface area contributed by atoms with Crippen LogP contribution < -0.4 is 5.32 Å². The lowest BCUT2D eigenvalue weighted by Crippen LogP contribution is -2.19. The molecular formula is C15H21N5O. The van der Waals surface area contributed by atoms with Gasteiger partial charge < -0.3 is 5.32 Å². The lowest BCUT2D eigenvalue weighted by molar-refractivity contribution is -0.117. The molecule has 2 aromatic rings. The molecule has 1 unspecified atom stereocenters. The number of aryl methyl sites for hydroxylation is 1. The Labute approximate surface area is 124 Å². The van der Waals surface area contributed by atoms with Gasteiger partial charge in [-0.05, 0) is 20.3 Å². The molecule has 0 saturated heterocycles. The van der Waals surface area contributed by atoms with E-state index in [0.29, 0.717) is 0 Å². The van der Waals surface area contributed by atoms with Crippen LogP contribution in [-0.4, -0.2) is 25.7 Å². The highest BCUT2D eigenvalue weighted by Gasteiger charge is 2.17. The number of carbonyl (C=O) groups excluding carboxylic acids is 1. The summed E-state index contributed by atoms with van der Waals surface area (Å²) in [6, 6.07) is 0. The van der Waals surface area contributed by atoms with Crippen molar-refractivity contribution in [3.63, 3.8) is 0 Å². The normalized spacial score (nSPS) is 12.1. The monoisotopic (exact) mass is 287 g/mol. The standard InChI is InChI=1S/C15H21N5O/c1-4-5-6-20-12(3)14(9-18-20)19-15(21)11(2)13-7-16-10-17-8-13/h7-11H,4-6H2,1-3H3,(H,19,21). The zero-order valence-corrected chi connectivity index (χ0v) is 12.7. The van der Waals surface area contributed by atoms with Crippen molar-refractivity contribution in [1.82, 2.24) is 19.7 Å². The van der Waals surface area contributed by atoms with E-state index in [4.69, 9.17) is 0 Å². The van der Waals surface area contributed by atoms with Crippen LogP contribution in [-0.2, 0) is 11.3 Å². The number of rotatable bonds is 6. The summed E-state index contributed by atoms with van der Waals surface area (Å²) in [5.41, 5.74) is 2.54. The number of aromatic nitrogens is 4. The number of amides is 1. The molecule has 0 radical (unpaired) electrons. The molecule has 0 aliphatic rings. The van der Waals surface area contributed by atoms with Crippen LogP contribution >= 0.6 is 0 Å². The van der Waals surface area contributed by atoms with Crippen LogP contribution in [0.5, 0.6) is 0 Å². The Balaban J connectivity index is 2.04. The van der Waals surface area contributed by atoms with Gasteiger partial charge in [-0.1, -0.05) is 13.3 Å². The minimum Gasteiger partial charge on any atom is -0.323 e. The molecule has 21 heavy (non-hydrogen) atoms. The van der Waals surface area contributed by atoms with Gasteiger partial charge in [-0.2, -0.15) is 5.10 Å². The molecular weight excluding hydrogens is 266 g/mol. The molecule has 0 saturated carbocycles. The molecule has 2 heterocycles. The first-order valence-corrected chi connectivity index (χ1v) is 7.21. The maximum atomic E-state index is 12.3. The highest BCUT2D eigenvalue weighted by atomic mass is 16.1. The van der Waals surface area contributed by atoms with Gasteiger partial charge in [0.05, 0.1) is 23.5 Å². The molecule has 0 aliphatic carbocycles. The lowest BCUT2D eigenvalue weighted by Gasteiger charge is -2.11. The number of nitrogens with zero attached hydrogens (tertiary/aromatic N) is 4. The van der Waals surface area contributed by atoms with E-state index in [1.807, 2.05) is 18.5 Å². The van der Waals surface area contributed by atoms with Crippen LogP contribution in [0.2, 0.25) is 0 Å². The van der Waals surface area contributed by atoms with E-state index in [1.165, 1.54) is 6.33 Å². The molecule has 2 rings (SSSR count). The maximum Gasteiger partial charge on any atom is 0.231 e. The third kappa shape index (κ3) is 3.65. The number of anilines is 1. The molecule has 1 N–H and O–H groups in total. The topological polar surface area (TPSA) is 72.7 Å². The van der Waals surface area contributed by atoms with Gasteiger partial charge in [-0.3, -0.25) is 9.48 Å². The Morgan fingerprint density at radius 3 is 2.71 bits per heavy atom. The van der Waals surface area contributed by atoms with Crippen molar-refractivity contribution in [3.05, 3.63) is 36.2 Å². The first-order valence-electron chi connectivity index (χ1n) is 7.21. The molecule has 1 amide bonds. The van der Waals surface area contributed by atoms with Crippen LogP contribution in [0.3, 0.4) is 0 Å². The average molecular weight is 287 g/mol. The average Bonchev–Trinajstić information content (AvgIpc) is 2.86. The van der Waals surface area contributed by atoms with Crippen LogP contribution in [0, 0.1) is 6.92 Å². The number of hydrogen-bond acceptors (Lipinski definition) is 4. The van der Waals surface area contributed by atoms with E-state index in [0.717, 1.165) is 36.3 Å². The van der Waals surface area contributed by atoms with Crippen molar-refractivity contribution in [1.29, 1.82) is 0 Å². The van der Waals surface area contributed by atoms with Crippen molar-refractivity contribution in [2.45, 2.75) is 46.1 Å². The van der Waals surface area contributed by atoms with E-state index in [1.54, 1.807) is 18.6 Å². The third-order valence-corrected chi connectivity index (χ3v) is 3.56. The van der Waals surface area contributed by atoms with Crippen molar-refractivity contribution in [2.24, 2.45) is 0 Å². The molecule has 2 aromatic heterocycles. The highest BCUT2D eigenvalue weighted by molar-refractivity contribution is 5.95. The SMILES string of the molecule is CCCCn1ncc(NC(=O)C(C)c2cncnc2)c1C. The van der Waals surface area contributed by atoms with Crippen molar-refractivity contribution in [3.8, 4) is 0 Å². The fraction of sp³-hybridized carbons (Fsp3) is 0.467. The molecule has 0 aliphatic heterocycles. The molecule has 0 spiro atoms. The predicted octanol–water partition coefficient (Wildman–Crippen LogP) is 2.52. The van der Waals surface area contributed by atoms with Gasteiger partial charge in [-0.25, -0.2) is 9.97 Å². The second kappa shape index (κ2) is 6.97. The fourth-order valence-electron chi connectivity index (χ4n) is 2.03. The second-order valence-corrected chi connectivity index (χ2v) is 5.10. The Hall–Kier alpha value is -2.24.